The van der Waals surface area contributed by atoms with Crippen LogP contribution in [0, 0.1) is 0 Å². The number of nitrogens with zero attached hydrogens (tertiary/aromatic N) is 2. The lowest BCUT2D eigenvalue weighted by Gasteiger charge is -2.20. The first-order valence-electron chi connectivity index (χ1n) is 5.47. The van der Waals surface area contributed by atoms with Crippen LogP contribution < -0.4 is 0 Å². The zero-order chi connectivity index (χ0) is 13.3. The molecule has 0 radical (unpaired) electrons. The van der Waals surface area contributed by atoms with E-state index < -0.39 is 20.4 Å². The number of carbonyl (C=O) groups is 1. The summed E-state index contributed by atoms with van der Waals surface area (Å²) in [4.78, 5) is 16.2. The topological polar surface area (TPSA) is 69.0 Å². The third kappa shape index (κ3) is 2.57. The van der Waals surface area contributed by atoms with Crippen molar-refractivity contribution in [1.82, 2.24) is 9.55 Å². The lowest BCUT2D eigenvalue weighted by atomic mass is 10.1. The van der Waals surface area contributed by atoms with Crippen molar-refractivity contribution in [3.63, 3.8) is 0 Å². The third-order valence-corrected chi connectivity index (χ3v) is 4.90. The summed E-state index contributed by atoms with van der Waals surface area (Å²) in [5.74, 6) is -0.249. The molecule has 1 aromatic rings. The van der Waals surface area contributed by atoms with Crippen LogP contribution in [0.2, 0.25) is 0 Å². The fraction of sp³-hybridized carbons (Fsp3) is 0.636. The summed E-state index contributed by atoms with van der Waals surface area (Å²) in [6.07, 6.45) is 5.13. The summed E-state index contributed by atoms with van der Waals surface area (Å²) in [7, 11) is -3.46. The molecule has 0 atom stereocenters. The Kier molecular flexibility index (Phi) is 3.76. The number of sulfone groups is 1. The number of carbonyl (C=O) groups excluding carboxylic acids is 1. The zero-order valence-electron chi connectivity index (χ0n) is 10.6. The van der Waals surface area contributed by atoms with Gasteiger partial charge in [-0.1, -0.05) is 6.92 Å². The second-order valence-corrected chi connectivity index (χ2v) is 7.12. The third-order valence-electron chi connectivity index (χ3n) is 2.86. The SMILES string of the molecule is CCCn1ccnc1C(=O)C(C)(C)S(C)(=O)=O. The Hall–Kier alpha value is -1.17. The number of imidazole rings is 1. The van der Waals surface area contributed by atoms with E-state index >= 15 is 0 Å². The Bertz CT molecular complexity index is 515. The van der Waals surface area contributed by atoms with Gasteiger partial charge in [-0.05, 0) is 20.3 Å². The van der Waals surface area contributed by atoms with E-state index in [1.165, 1.54) is 20.0 Å². The van der Waals surface area contributed by atoms with Gasteiger partial charge < -0.3 is 4.57 Å². The Morgan fingerprint density at radius 2 is 2.06 bits per heavy atom. The molecular weight excluding hydrogens is 240 g/mol. The molecule has 1 heterocycles. The molecule has 0 aliphatic carbocycles. The Morgan fingerprint density at radius 1 is 1.47 bits per heavy atom. The Morgan fingerprint density at radius 3 is 2.53 bits per heavy atom. The molecule has 0 aliphatic heterocycles. The largest absolute Gasteiger partial charge is 0.328 e. The molecule has 5 nitrogen and oxygen atoms in total. The van der Waals surface area contributed by atoms with Crippen molar-refractivity contribution in [3.8, 4) is 0 Å². The van der Waals surface area contributed by atoms with Gasteiger partial charge in [-0.3, -0.25) is 4.79 Å². The summed E-state index contributed by atoms with van der Waals surface area (Å²) in [5, 5.41) is 0. The van der Waals surface area contributed by atoms with Crippen molar-refractivity contribution in [2.45, 2.75) is 38.5 Å². The molecule has 0 saturated heterocycles. The number of ketones is 1. The van der Waals surface area contributed by atoms with Gasteiger partial charge in [0.25, 0.3) is 0 Å². The van der Waals surface area contributed by atoms with Crippen LogP contribution in [0.4, 0.5) is 0 Å². The average molecular weight is 258 g/mol. The average Bonchev–Trinajstić information content (AvgIpc) is 2.63. The molecule has 0 spiro atoms. The summed E-state index contributed by atoms with van der Waals surface area (Å²) < 4.78 is 23.5. The maximum Gasteiger partial charge on any atom is 0.218 e. The molecule has 0 fully saturated rings. The molecule has 0 unspecified atom stereocenters. The van der Waals surface area contributed by atoms with Crippen LogP contribution >= 0.6 is 0 Å². The van der Waals surface area contributed by atoms with Gasteiger partial charge in [0.1, 0.15) is 4.75 Å². The first-order valence-corrected chi connectivity index (χ1v) is 7.36. The van der Waals surface area contributed by atoms with Gasteiger partial charge in [0.15, 0.2) is 15.7 Å². The fourth-order valence-electron chi connectivity index (χ4n) is 1.38. The van der Waals surface area contributed by atoms with Gasteiger partial charge in [0, 0.05) is 25.2 Å². The van der Waals surface area contributed by atoms with Gasteiger partial charge in [0.2, 0.25) is 5.78 Å². The summed E-state index contributed by atoms with van der Waals surface area (Å²) in [5.41, 5.74) is 0. The van der Waals surface area contributed by atoms with E-state index in [0.717, 1.165) is 12.7 Å². The maximum atomic E-state index is 12.2. The van der Waals surface area contributed by atoms with E-state index in [1.54, 1.807) is 10.8 Å². The molecule has 0 amide bonds. The molecule has 0 aromatic carbocycles. The lowest BCUT2D eigenvalue weighted by molar-refractivity contribution is 0.0939. The number of aromatic nitrogens is 2. The molecule has 6 heteroatoms. The van der Waals surface area contributed by atoms with Crippen molar-refractivity contribution >= 4 is 15.6 Å². The van der Waals surface area contributed by atoms with Crippen molar-refractivity contribution < 1.29 is 13.2 Å². The number of hydrogen-bond acceptors (Lipinski definition) is 4. The van der Waals surface area contributed by atoms with Crippen molar-refractivity contribution in [1.29, 1.82) is 0 Å². The first-order chi connectivity index (χ1) is 7.71. The van der Waals surface area contributed by atoms with E-state index in [4.69, 9.17) is 0 Å². The van der Waals surface area contributed by atoms with Crippen LogP contribution in [0.3, 0.4) is 0 Å². The highest BCUT2D eigenvalue weighted by molar-refractivity contribution is 7.92. The normalized spacial score (nSPS) is 12.7. The van der Waals surface area contributed by atoms with Gasteiger partial charge in [-0.2, -0.15) is 0 Å². The van der Waals surface area contributed by atoms with E-state index in [1.807, 2.05) is 6.92 Å². The second kappa shape index (κ2) is 4.60. The van der Waals surface area contributed by atoms with Gasteiger partial charge in [0.05, 0.1) is 0 Å². The van der Waals surface area contributed by atoms with E-state index in [-0.39, 0.29) is 5.82 Å². The second-order valence-electron chi connectivity index (χ2n) is 4.56. The monoisotopic (exact) mass is 258 g/mol. The minimum atomic E-state index is -3.46. The van der Waals surface area contributed by atoms with Gasteiger partial charge in [-0.25, -0.2) is 13.4 Å². The van der Waals surface area contributed by atoms with Crippen LogP contribution in [0.25, 0.3) is 0 Å². The number of hydrogen-bond donors (Lipinski definition) is 0. The number of aryl methyl sites for hydroxylation is 1. The van der Waals surface area contributed by atoms with Crippen LogP contribution in [0.1, 0.15) is 37.8 Å². The maximum absolute atomic E-state index is 12.2. The van der Waals surface area contributed by atoms with Crippen LogP contribution in [-0.4, -0.2) is 34.8 Å². The summed E-state index contributed by atoms with van der Waals surface area (Å²) >= 11 is 0. The van der Waals surface area contributed by atoms with E-state index in [2.05, 4.69) is 4.98 Å². The Labute approximate surface area is 102 Å². The van der Waals surface area contributed by atoms with Crippen molar-refractivity contribution in [2.24, 2.45) is 0 Å². The molecule has 1 rings (SSSR count). The standard InChI is InChI=1S/C11H18N2O3S/c1-5-7-13-8-6-12-10(13)9(14)11(2,3)17(4,15)16/h6,8H,5,7H2,1-4H3. The van der Waals surface area contributed by atoms with Crippen LogP contribution in [0.15, 0.2) is 12.4 Å². The zero-order valence-corrected chi connectivity index (χ0v) is 11.4. The smallest absolute Gasteiger partial charge is 0.218 e. The van der Waals surface area contributed by atoms with Gasteiger partial charge >= 0.3 is 0 Å². The molecule has 0 bridgehead atoms. The number of rotatable bonds is 5. The van der Waals surface area contributed by atoms with Crippen LogP contribution in [0.5, 0.6) is 0 Å². The molecule has 96 valence electrons. The number of Topliss-reactive ketones (excluding diaryl/α,β-unsaturated/α-hetero) is 1. The van der Waals surface area contributed by atoms with Gasteiger partial charge in [-0.15, -0.1) is 0 Å². The molecule has 1 aromatic heterocycles. The van der Waals surface area contributed by atoms with Crippen LogP contribution in [-0.2, 0) is 16.4 Å². The highest BCUT2D eigenvalue weighted by Gasteiger charge is 2.40. The summed E-state index contributed by atoms with van der Waals surface area (Å²) in [6.45, 7) is 5.46. The first kappa shape index (κ1) is 13.9. The highest BCUT2D eigenvalue weighted by atomic mass is 32.2. The molecule has 0 aliphatic rings. The van der Waals surface area contributed by atoms with E-state index in [9.17, 15) is 13.2 Å². The summed E-state index contributed by atoms with van der Waals surface area (Å²) in [6, 6.07) is 0. The molecular formula is C11H18N2O3S. The molecule has 0 saturated carbocycles. The Balaban J connectivity index is 3.17. The van der Waals surface area contributed by atoms with Crippen molar-refractivity contribution in [2.75, 3.05) is 6.26 Å². The van der Waals surface area contributed by atoms with E-state index in [0.29, 0.717) is 6.54 Å². The molecule has 17 heavy (non-hydrogen) atoms. The predicted octanol–water partition coefficient (Wildman–Crippen LogP) is 1.30. The quantitative estimate of drug-likeness (QED) is 0.746. The lowest BCUT2D eigenvalue weighted by Crippen LogP contribution is -2.41. The predicted molar refractivity (Wildman–Crippen MR) is 65.8 cm³/mol. The van der Waals surface area contributed by atoms with Crippen molar-refractivity contribution in [3.05, 3.63) is 18.2 Å². The fourth-order valence-corrected chi connectivity index (χ4v) is 1.81. The minimum Gasteiger partial charge on any atom is -0.328 e. The molecule has 0 N–H and O–H groups in total. The highest BCUT2D eigenvalue weighted by Crippen LogP contribution is 2.20. The minimum absolute atomic E-state index is 0.210.